The van der Waals surface area contributed by atoms with Crippen LogP contribution in [0.4, 0.5) is 0 Å². The smallest absolute Gasteiger partial charge is 0.325 e. The van der Waals surface area contributed by atoms with Gasteiger partial charge in [-0.2, -0.15) is 0 Å². The van der Waals surface area contributed by atoms with Crippen molar-refractivity contribution in [2.24, 2.45) is 0 Å². The summed E-state index contributed by atoms with van der Waals surface area (Å²) in [6.45, 7) is 4.59. The van der Waals surface area contributed by atoms with Crippen LogP contribution in [0.1, 0.15) is 38.2 Å². The highest BCUT2D eigenvalue weighted by atomic mass is 79.9. The average molecular weight is 356 g/mol. The molecular weight excluding hydrogens is 334 g/mol. The summed E-state index contributed by atoms with van der Waals surface area (Å²) in [6.07, 6.45) is 1.20. The van der Waals surface area contributed by atoms with E-state index in [4.69, 9.17) is 0 Å². The normalized spacial score (nSPS) is 11.8. The average Bonchev–Trinajstić information content (AvgIpc) is 2.47. The number of rotatable bonds is 7. The number of hydrogen-bond donors (Lipinski definition) is 0. The van der Waals surface area contributed by atoms with Crippen LogP contribution in [0.15, 0.2) is 28.7 Å². The maximum Gasteiger partial charge on any atom is 0.325 e. The van der Waals surface area contributed by atoms with Crippen molar-refractivity contribution in [3.05, 3.63) is 34.3 Å². The molecule has 0 spiro atoms. The number of methoxy groups -OCH3 is 1. The Hall–Kier alpha value is -1.36. The number of nitrogens with zero attached hydrogens (tertiary/aromatic N) is 1. The molecule has 0 aliphatic heterocycles. The molecule has 0 saturated heterocycles. The highest BCUT2D eigenvalue weighted by Gasteiger charge is 2.19. The molecule has 1 unspecified atom stereocenters. The number of carbonyl (C=O) groups is 2. The Kier molecular flexibility index (Phi) is 7.43. The van der Waals surface area contributed by atoms with E-state index >= 15 is 0 Å². The van der Waals surface area contributed by atoms with Gasteiger partial charge in [-0.1, -0.05) is 41.9 Å². The molecule has 4 nitrogen and oxygen atoms in total. The minimum absolute atomic E-state index is 0.0160. The summed E-state index contributed by atoms with van der Waals surface area (Å²) in [4.78, 5) is 25.3. The molecule has 1 aromatic carbocycles. The predicted molar refractivity (Wildman–Crippen MR) is 86.1 cm³/mol. The Morgan fingerprint density at radius 2 is 1.90 bits per heavy atom. The molecule has 1 aromatic rings. The van der Waals surface area contributed by atoms with Gasteiger partial charge in [-0.05, 0) is 30.0 Å². The maximum atomic E-state index is 12.3. The summed E-state index contributed by atoms with van der Waals surface area (Å²) in [6, 6.07) is 7.95. The molecule has 0 aromatic heterocycles. The van der Waals surface area contributed by atoms with Gasteiger partial charge in [0.1, 0.15) is 6.54 Å². The summed E-state index contributed by atoms with van der Waals surface area (Å²) < 4.78 is 5.66. The monoisotopic (exact) mass is 355 g/mol. The Morgan fingerprint density at radius 1 is 1.29 bits per heavy atom. The van der Waals surface area contributed by atoms with Gasteiger partial charge in [-0.15, -0.1) is 0 Å². The number of amides is 1. The summed E-state index contributed by atoms with van der Waals surface area (Å²) >= 11 is 3.40. The Bertz CT molecular complexity index is 473. The zero-order valence-corrected chi connectivity index (χ0v) is 14.4. The van der Waals surface area contributed by atoms with E-state index in [2.05, 4.69) is 20.7 Å². The van der Waals surface area contributed by atoms with Crippen molar-refractivity contribution in [1.29, 1.82) is 0 Å². The highest BCUT2D eigenvalue weighted by molar-refractivity contribution is 9.10. The summed E-state index contributed by atoms with van der Waals surface area (Å²) in [5.41, 5.74) is 1.11. The molecule has 21 heavy (non-hydrogen) atoms. The van der Waals surface area contributed by atoms with Gasteiger partial charge >= 0.3 is 5.97 Å². The molecule has 5 heteroatoms. The largest absolute Gasteiger partial charge is 0.468 e. The second-order valence-corrected chi connectivity index (χ2v) is 5.96. The van der Waals surface area contributed by atoms with E-state index in [0.717, 1.165) is 16.5 Å². The minimum atomic E-state index is -0.381. The van der Waals surface area contributed by atoms with Crippen molar-refractivity contribution in [1.82, 2.24) is 4.90 Å². The van der Waals surface area contributed by atoms with Crippen molar-refractivity contribution < 1.29 is 14.3 Å². The molecule has 1 rings (SSSR count). The Balaban J connectivity index is 2.67. The molecule has 1 atom stereocenters. The van der Waals surface area contributed by atoms with E-state index in [1.54, 1.807) is 4.90 Å². The summed E-state index contributed by atoms with van der Waals surface area (Å²) in [7, 11) is 1.33. The van der Waals surface area contributed by atoms with Crippen molar-refractivity contribution in [3.8, 4) is 0 Å². The van der Waals surface area contributed by atoms with Gasteiger partial charge in [-0.25, -0.2) is 0 Å². The van der Waals surface area contributed by atoms with Gasteiger partial charge in [0.15, 0.2) is 0 Å². The molecule has 1 amide bonds. The van der Waals surface area contributed by atoms with Crippen LogP contribution in [0.5, 0.6) is 0 Å². The van der Waals surface area contributed by atoms with Crippen LogP contribution in [-0.4, -0.2) is 37.0 Å². The first-order valence-electron chi connectivity index (χ1n) is 7.08. The van der Waals surface area contributed by atoms with Crippen molar-refractivity contribution in [2.75, 3.05) is 20.2 Å². The number of carbonyl (C=O) groups excluding carboxylic acids is 2. The Morgan fingerprint density at radius 3 is 2.43 bits per heavy atom. The second kappa shape index (κ2) is 8.82. The van der Waals surface area contributed by atoms with Crippen LogP contribution in [0.25, 0.3) is 0 Å². The molecule has 0 heterocycles. The van der Waals surface area contributed by atoms with Gasteiger partial charge in [0.05, 0.1) is 7.11 Å². The topological polar surface area (TPSA) is 46.6 Å². The standard InChI is InChI=1S/C16H22BrNO3/c1-4-9-18(11-16(20)21-3)15(19)10-12(2)13-5-7-14(17)8-6-13/h5-8,12H,4,9-11H2,1-3H3. The third kappa shape index (κ3) is 5.87. The third-order valence-electron chi connectivity index (χ3n) is 3.31. The molecule has 0 N–H and O–H groups in total. The molecular formula is C16H22BrNO3. The van der Waals surface area contributed by atoms with Gasteiger partial charge in [0.2, 0.25) is 5.91 Å². The lowest BCUT2D eigenvalue weighted by Crippen LogP contribution is -2.37. The first kappa shape index (κ1) is 17.7. The van der Waals surface area contributed by atoms with Crippen LogP contribution in [-0.2, 0) is 14.3 Å². The second-order valence-electron chi connectivity index (χ2n) is 5.05. The zero-order chi connectivity index (χ0) is 15.8. The summed E-state index contributed by atoms with van der Waals surface area (Å²) in [5, 5.41) is 0. The van der Waals surface area contributed by atoms with Gasteiger partial charge < -0.3 is 9.64 Å². The van der Waals surface area contributed by atoms with Crippen molar-refractivity contribution in [2.45, 2.75) is 32.6 Å². The molecule has 0 aliphatic rings. The lowest BCUT2D eigenvalue weighted by molar-refractivity contribution is -0.147. The molecule has 0 saturated carbocycles. The number of hydrogen-bond acceptors (Lipinski definition) is 3. The minimum Gasteiger partial charge on any atom is -0.468 e. The lowest BCUT2D eigenvalue weighted by atomic mass is 9.97. The van der Waals surface area contributed by atoms with E-state index in [0.29, 0.717) is 13.0 Å². The van der Waals surface area contributed by atoms with E-state index in [1.165, 1.54) is 7.11 Å². The van der Waals surface area contributed by atoms with E-state index < -0.39 is 0 Å². The third-order valence-corrected chi connectivity index (χ3v) is 3.84. The molecule has 0 radical (unpaired) electrons. The lowest BCUT2D eigenvalue weighted by Gasteiger charge is -2.22. The summed E-state index contributed by atoms with van der Waals surface area (Å²) in [5.74, 6) is -0.284. The van der Waals surface area contributed by atoms with E-state index in [-0.39, 0.29) is 24.3 Å². The fraction of sp³-hybridized carbons (Fsp3) is 0.500. The van der Waals surface area contributed by atoms with E-state index in [1.807, 2.05) is 38.1 Å². The molecule has 116 valence electrons. The Labute approximate surface area is 134 Å². The zero-order valence-electron chi connectivity index (χ0n) is 12.8. The first-order chi connectivity index (χ1) is 9.97. The maximum absolute atomic E-state index is 12.3. The quantitative estimate of drug-likeness (QED) is 0.704. The predicted octanol–water partition coefficient (Wildman–Crippen LogP) is 3.35. The number of esters is 1. The van der Waals surface area contributed by atoms with Gasteiger partial charge in [-0.3, -0.25) is 9.59 Å². The molecule has 0 fully saturated rings. The SMILES string of the molecule is CCCN(CC(=O)OC)C(=O)CC(C)c1ccc(Br)cc1. The fourth-order valence-electron chi connectivity index (χ4n) is 2.08. The number of ether oxygens (including phenoxy) is 1. The van der Waals surface area contributed by atoms with Crippen LogP contribution in [0.2, 0.25) is 0 Å². The van der Waals surface area contributed by atoms with Crippen LogP contribution in [0.3, 0.4) is 0 Å². The van der Waals surface area contributed by atoms with Gasteiger partial charge in [0.25, 0.3) is 0 Å². The van der Waals surface area contributed by atoms with E-state index in [9.17, 15) is 9.59 Å². The van der Waals surface area contributed by atoms with Gasteiger partial charge in [0, 0.05) is 17.4 Å². The van der Waals surface area contributed by atoms with Crippen LogP contribution >= 0.6 is 15.9 Å². The van der Waals surface area contributed by atoms with Crippen LogP contribution in [0, 0.1) is 0 Å². The van der Waals surface area contributed by atoms with Crippen molar-refractivity contribution in [3.63, 3.8) is 0 Å². The fourth-order valence-corrected chi connectivity index (χ4v) is 2.35. The first-order valence-corrected chi connectivity index (χ1v) is 7.87. The number of benzene rings is 1. The molecule has 0 bridgehead atoms. The van der Waals surface area contributed by atoms with Crippen molar-refractivity contribution >= 4 is 27.8 Å². The number of halogens is 1. The molecule has 0 aliphatic carbocycles. The highest BCUT2D eigenvalue weighted by Crippen LogP contribution is 2.22. The van der Waals surface area contributed by atoms with Crippen LogP contribution < -0.4 is 0 Å².